The van der Waals surface area contributed by atoms with Crippen molar-refractivity contribution in [3.05, 3.63) is 29.8 Å². The highest BCUT2D eigenvalue weighted by molar-refractivity contribution is 5.92. The van der Waals surface area contributed by atoms with Crippen LogP contribution in [0.25, 0.3) is 0 Å². The van der Waals surface area contributed by atoms with Crippen molar-refractivity contribution in [1.29, 1.82) is 0 Å². The van der Waals surface area contributed by atoms with Crippen LogP contribution in [0, 0.1) is 0 Å². The van der Waals surface area contributed by atoms with Crippen LogP contribution >= 0.6 is 0 Å². The van der Waals surface area contributed by atoms with Crippen LogP contribution in [0.1, 0.15) is 31.2 Å². The zero-order chi connectivity index (χ0) is 13.1. The minimum absolute atomic E-state index is 0.238. The van der Waals surface area contributed by atoms with E-state index in [9.17, 15) is 14.4 Å². The SMILES string of the molecule is CC(=O)Oc1ccc(C2CCC(=O)OC2=O)cc1. The number of hydrogen-bond donors (Lipinski definition) is 0. The van der Waals surface area contributed by atoms with Crippen molar-refractivity contribution in [3.8, 4) is 5.75 Å². The lowest BCUT2D eigenvalue weighted by Gasteiger charge is -2.19. The zero-order valence-electron chi connectivity index (χ0n) is 9.84. The molecule has 1 atom stereocenters. The Morgan fingerprint density at radius 2 is 1.94 bits per heavy atom. The topological polar surface area (TPSA) is 69.7 Å². The van der Waals surface area contributed by atoms with Crippen molar-refractivity contribution in [2.24, 2.45) is 0 Å². The molecular weight excluding hydrogens is 236 g/mol. The summed E-state index contributed by atoms with van der Waals surface area (Å²) in [5.41, 5.74) is 0.753. The van der Waals surface area contributed by atoms with E-state index < -0.39 is 23.8 Å². The third-order valence-electron chi connectivity index (χ3n) is 2.68. The molecule has 1 aromatic carbocycles. The summed E-state index contributed by atoms with van der Waals surface area (Å²) in [4.78, 5) is 33.2. The summed E-state index contributed by atoms with van der Waals surface area (Å²) < 4.78 is 9.48. The fourth-order valence-electron chi connectivity index (χ4n) is 1.85. The molecule has 94 valence electrons. The van der Waals surface area contributed by atoms with Gasteiger partial charge < -0.3 is 9.47 Å². The van der Waals surface area contributed by atoms with Crippen LogP contribution in [0.3, 0.4) is 0 Å². The van der Waals surface area contributed by atoms with Gasteiger partial charge >= 0.3 is 17.9 Å². The van der Waals surface area contributed by atoms with Gasteiger partial charge in [-0.1, -0.05) is 12.1 Å². The summed E-state index contributed by atoms with van der Waals surface area (Å²) in [6, 6.07) is 6.61. The van der Waals surface area contributed by atoms with Gasteiger partial charge in [-0.15, -0.1) is 0 Å². The van der Waals surface area contributed by atoms with Crippen molar-refractivity contribution >= 4 is 17.9 Å². The molecule has 1 unspecified atom stereocenters. The first-order valence-corrected chi connectivity index (χ1v) is 5.59. The number of rotatable bonds is 2. The fraction of sp³-hybridized carbons (Fsp3) is 0.308. The molecule has 1 fully saturated rings. The molecule has 1 saturated heterocycles. The summed E-state index contributed by atoms with van der Waals surface area (Å²) >= 11 is 0. The lowest BCUT2D eigenvalue weighted by molar-refractivity contribution is -0.164. The van der Waals surface area contributed by atoms with Gasteiger partial charge in [-0.25, -0.2) is 0 Å². The molecule has 1 heterocycles. The summed E-state index contributed by atoms with van der Waals surface area (Å²) in [6.07, 6.45) is 0.687. The van der Waals surface area contributed by atoms with Crippen LogP contribution in [0.2, 0.25) is 0 Å². The Balaban J connectivity index is 2.12. The number of benzene rings is 1. The molecule has 5 nitrogen and oxygen atoms in total. The Labute approximate surface area is 104 Å². The average molecular weight is 248 g/mol. The highest BCUT2D eigenvalue weighted by Gasteiger charge is 2.30. The molecule has 0 aliphatic carbocycles. The lowest BCUT2D eigenvalue weighted by Crippen LogP contribution is -2.26. The molecule has 0 amide bonds. The number of cyclic esters (lactones) is 2. The number of hydrogen-bond acceptors (Lipinski definition) is 5. The van der Waals surface area contributed by atoms with Gasteiger partial charge in [0.1, 0.15) is 5.75 Å². The van der Waals surface area contributed by atoms with Gasteiger partial charge in [-0.2, -0.15) is 0 Å². The molecule has 1 aliphatic heterocycles. The van der Waals surface area contributed by atoms with E-state index in [1.54, 1.807) is 24.3 Å². The summed E-state index contributed by atoms with van der Waals surface area (Å²) in [5.74, 6) is -1.40. The molecule has 0 N–H and O–H groups in total. The molecule has 0 saturated carbocycles. The summed E-state index contributed by atoms with van der Waals surface area (Å²) in [6.45, 7) is 1.32. The predicted octanol–water partition coefficient (Wildman–Crippen LogP) is 1.56. The molecule has 1 aromatic rings. The molecular formula is C13H12O5. The van der Waals surface area contributed by atoms with E-state index in [1.165, 1.54) is 6.92 Å². The smallest absolute Gasteiger partial charge is 0.321 e. The van der Waals surface area contributed by atoms with E-state index in [0.29, 0.717) is 12.2 Å². The highest BCUT2D eigenvalue weighted by Crippen LogP contribution is 2.28. The summed E-state index contributed by atoms with van der Waals surface area (Å²) in [5, 5.41) is 0. The van der Waals surface area contributed by atoms with E-state index in [4.69, 9.17) is 4.74 Å². The third kappa shape index (κ3) is 2.74. The Kier molecular flexibility index (Phi) is 3.41. The van der Waals surface area contributed by atoms with Crippen LogP contribution in [-0.2, 0) is 19.1 Å². The maximum absolute atomic E-state index is 11.5. The molecule has 1 aliphatic rings. The van der Waals surface area contributed by atoms with Crippen molar-refractivity contribution in [2.75, 3.05) is 0 Å². The molecule has 2 rings (SSSR count). The molecule has 18 heavy (non-hydrogen) atoms. The normalized spacial score (nSPS) is 19.3. The molecule has 5 heteroatoms. The molecule has 0 spiro atoms. The number of esters is 3. The minimum atomic E-state index is -0.522. The minimum Gasteiger partial charge on any atom is -0.427 e. The van der Waals surface area contributed by atoms with Crippen molar-refractivity contribution in [2.45, 2.75) is 25.7 Å². The van der Waals surface area contributed by atoms with E-state index in [1.807, 2.05) is 0 Å². The van der Waals surface area contributed by atoms with E-state index in [0.717, 1.165) is 5.56 Å². The zero-order valence-corrected chi connectivity index (χ0v) is 9.84. The average Bonchev–Trinajstić information content (AvgIpc) is 2.30. The van der Waals surface area contributed by atoms with Gasteiger partial charge in [-0.05, 0) is 24.1 Å². The van der Waals surface area contributed by atoms with Crippen molar-refractivity contribution < 1.29 is 23.9 Å². The number of carbonyl (C=O) groups is 3. The molecule has 0 radical (unpaired) electrons. The van der Waals surface area contributed by atoms with Crippen LogP contribution in [0.5, 0.6) is 5.75 Å². The van der Waals surface area contributed by atoms with Gasteiger partial charge in [0.2, 0.25) is 0 Å². The first kappa shape index (κ1) is 12.3. The van der Waals surface area contributed by atoms with Crippen LogP contribution in [0.15, 0.2) is 24.3 Å². The van der Waals surface area contributed by atoms with E-state index in [2.05, 4.69) is 4.74 Å². The Hall–Kier alpha value is -2.17. The van der Waals surface area contributed by atoms with Crippen molar-refractivity contribution in [3.63, 3.8) is 0 Å². The van der Waals surface area contributed by atoms with Crippen molar-refractivity contribution in [1.82, 2.24) is 0 Å². The van der Waals surface area contributed by atoms with Gasteiger partial charge in [0.15, 0.2) is 0 Å². The summed E-state index contributed by atoms with van der Waals surface area (Å²) in [7, 11) is 0. The number of ether oxygens (including phenoxy) is 2. The number of carbonyl (C=O) groups excluding carboxylic acids is 3. The second kappa shape index (κ2) is 5.00. The van der Waals surface area contributed by atoms with E-state index >= 15 is 0 Å². The maximum atomic E-state index is 11.5. The Morgan fingerprint density at radius 1 is 1.28 bits per heavy atom. The Morgan fingerprint density at radius 3 is 2.50 bits per heavy atom. The first-order chi connectivity index (χ1) is 8.56. The first-order valence-electron chi connectivity index (χ1n) is 5.59. The van der Waals surface area contributed by atoms with E-state index in [-0.39, 0.29) is 6.42 Å². The van der Waals surface area contributed by atoms with Gasteiger partial charge in [0.25, 0.3) is 0 Å². The maximum Gasteiger partial charge on any atom is 0.321 e. The second-order valence-corrected chi connectivity index (χ2v) is 4.05. The standard InChI is InChI=1S/C13H12O5/c1-8(14)17-10-4-2-9(3-5-10)11-6-7-12(15)18-13(11)16/h2-5,11H,6-7H2,1H3. The Bertz CT molecular complexity index is 489. The van der Waals surface area contributed by atoms with Gasteiger partial charge in [-0.3, -0.25) is 14.4 Å². The van der Waals surface area contributed by atoms with Crippen LogP contribution in [-0.4, -0.2) is 17.9 Å². The van der Waals surface area contributed by atoms with Crippen LogP contribution < -0.4 is 4.74 Å². The van der Waals surface area contributed by atoms with Gasteiger partial charge in [0, 0.05) is 13.3 Å². The highest BCUT2D eigenvalue weighted by atomic mass is 16.6. The fourth-order valence-corrected chi connectivity index (χ4v) is 1.85. The quantitative estimate of drug-likeness (QED) is 0.451. The second-order valence-electron chi connectivity index (χ2n) is 4.05. The lowest BCUT2D eigenvalue weighted by atomic mass is 9.93. The van der Waals surface area contributed by atoms with Gasteiger partial charge in [0.05, 0.1) is 5.92 Å². The largest absolute Gasteiger partial charge is 0.427 e. The monoisotopic (exact) mass is 248 g/mol. The van der Waals surface area contributed by atoms with Crippen LogP contribution in [0.4, 0.5) is 0 Å². The molecule has 0 aromatic heterocycles. The third-order valence-corrected chi connectivity index (χ3v) is 2.68. The predicted molar refractivity (Wildman–Crippen MR) is 60.8 cm³/mol. The molecule has 0 bridgehead atoms.